The van der Waals surface area contributed by atoms with Gasteiger partial charge in [-0.15, -0.1) is 0 Å². The van der Waals surface area contributed by atoms with Crippen molar-refractivity contribution in [2.45, 2.75) is 83.2 Å². The van der Waals surface area contributed by atoms with Crippen molar-refractivity contribution in [1.82, 2.24) is 14.9 Å². The highest BCUT2D eigenvalue weighted by Crippen LogP contribution is 2.35. The van der Waals surface area contributed by atoms with Gasteiger partial charge in [0.15, 0.2) is 0 Å². The molecule has 0 amide bonds. The second-order valence-electron chi connectivity index (χ2n) is 7.29. The van der Waals surface area contributed by atoms with Gasteiger partial charge in [-0.3, -0.25) is 9.69 Å². The number of hydrogen-bond donors (Lipinski definition) is 1. The first-order chi connectivity index (χ1) is 11.6. The molecule has 1 saturated carbocycles. The number of carboxylic acid groups (broad SMARTS) is 1. The van der Waals surface area contributed by atoms with Crippen molar-refractivity contribution in [3.05, 3.63) is 23.3 Å². The molecule has 5 nitrogen and oxygen atoms in total. The van der Waals surface area contributed by atoms with Crippen LogP contribution in [0.15, 0.2) is 6.07 Å². The number of carbonyl (C=O) groups is 1. The summed E-state index contributed by atoms with van der Waals surface area (Å²) in [7, 11) is 0. The van der Waals surface area contributed by atoms with Crippen molar-refractivity contribution in [2.24, 2.45) is 0 Å². The summed E-state index contributed by atoms with van der Waals surface area (Å²) in [5.74, 6) is 0.148. The van der Waals surface area contributed by atoms with Crippen molar-refractivity contribution in [1.29, 1.82) is 0 Å². The highest BCUT2D eigenvalue weighted by atomic mass is 16.4. The Hall–Kier alpha value is -1.49. The lowest BCUT2D eigenvalue weighted by atomic mass is 9.90. The normalized spacial score (nSPS) is 23.3. The molecule has 0 radical (unpaired) electrons. The van der Waals surface area contributed by atoms with E-state index < -0.39 is 5.97 Å². The molecule has 2 heterocycles. The van der Waals surface area contributed by atoms with E-state index in [2.05, 4.69) is 4.90 Å². The number of aryl methyl sites for hydroxylation is 2. The first-order valence-corrected chi connectivity index (χ1v) is 9.45. The van der Waals surface area contributed by atoms with Crippen molar-refractivity contribution in [3.63, 3.8) is 0 Å². The maximum absolute atomic E-state index is 10.9. The van der Waals surface area contributed by atoms with E-state index in [0.717, 1.165) is 30.2 Å². The lowest BCUT2D eigenvalue weighted by Gasteiger charge is -2.42. The Morgan fingerprint density at radius 2 is 1.92 bits per heavy atom. The maximum atomic E-state index is 10.9. The van der Waals surface area contributed by atoms with E-state index >= 15 is 0 Å². The summed E-state index contributed by atoms with van der Waals surface area (Å²) in [6, 6.07) is 2.92. The Labute approximate surface area is 144 Å². The minimum absolute atomic E-state index is 0.132. The Morgan fingerprint density at radius 1 is 1.17 bits per heavy atom. The molecule has 1 saturated heterocycles. The molecule has 2 fully saturated rings. The zero-order chi connectivity index (χ0) is 16.9. The van der Waals surface area contributed by atoms with E-state index in [0.29, 0.717) is 18.5 Å². The summed E-state index contributed by atoms with van der Waals surface area (Å²) in [6.45, 7) is 3.14. The Balaban J connectivity index is 1.80. The molecule has 5 heteroatoms. The third-order valence-electron chi connectivity index (χ3n) is 5.41. The molecule has 1 aliphatic heterocycles. The van der Waals surface area contributed by atoms with Crippen LogP contribution in [0, 0.1) is 6.92 Å². The Kier molecular flexibility index (Phi) is 5.82. The highest BCUT2D eigenvalue weighted by Gasteiger charge is 2.32. The standard InChI is InChI=1S/C19H29N3O2/c1-14-13-15(10-11-18(23)24)21-19(20-14)17-9-5-6-12-22(17)16-7-3-2-4-8-16/h13,16-17H,2-12H2,1H3,(H,23,24)/t17-/m1/s1. The van der Waals surface area contributed by atoms with Crippen molar-refractivity contribution in [3.8, 4) is 0 Å². The molecule has 1 aliphatic carbocycles. The first-order valence-electron chi connectivity index (χ1n) is 9.45. The summed E-state index contributed by atoms with van der Waals surface area (Å²) < 4.78 is 0. The van der Waals surface area contributed by atoms with Crippen LogP contribution in [0.4, 0.5) is 0 Å². The Bertz CT molecular complexity index is 570. The summed E-state index contributed by atoms with van der Waals surface area (Å²) >= 11 is 0. The van der Waals surface area contributed by atoms with Gasteiger partial charge in [0.05, 0.1) is 12.5 Å². The number of rotatable bonds is 5. The van der Waals surface area contributed by atoms with E-state index in [4.69, 9.17) is 15.1 Å². The van der Waals surface area contributed by atoms with Crippen molar-refractivity contribution in [2.75, 3.05) is 6.54 Å². The molecular formula is C19H29N3O2. The van der Waals surface area contributed by atoms with Gasteiger partial charge in [0, 0.05) is 23.9 Å². The van der Waals surface area contributed by atoms with E-state index in [1.54, 1.807) is 0 Å². The van der Waals surface area contributed by atoms with Crippen LogP contribution in [0.5, 0.6) is 0 Å². The van der Waals surface area contributed by atoms with Crippen LogP contribution in [-0.4, -0.2) is 38.5 Å². The van der Waals surface area contributed by atoms with Gasteiger partial charge in [0.2, 0.25) is 0 Å². The molecule has 1 aromatic heterocycles. The maximum Gasteiger partial charge on any atom is 0.303 e. The SMILES string of the molecule is Cc1cc(CCC(=O)O)nc([C@H]2CCCCN2C2CCCCC2)n1. The number of likely N-dealkylation sites (tertiary alicyclic amines) is 1. The number of piperidine rings is 1. The fraction of sp³-hybridized carbons (Fsp3) is 0.737. The molecule has 2 aliphatic rings. The molecular weight excluding hydrogens is 302 g/mol. The topological polar surface area (TPSA) is 66.3 Å². The van der Waals surface area contributed by atoms with Crippen molar-refractivity contribution < 1.29 is 9.90 Å². The smallest absolute Gasteiger partial charge is 0.303 e. The van der Waals surface area contributed by atoms with Crippen LogP contribution in [0.25, 0.3) is 0 Å². The second-order valence-corrected chi connectivity index (χ2v) is 7.29. The lowest BCUT2D eigenvalue weighted by molar-refractivity contribution is -0.136. The predicted octanol–water partition coefficient (Wildman–Crippen LogP) is 3.66. The Morgan fingerprint density at radius 3 is 2.67 bits per heavy atom. The van der Waals surface area contributed by atoms with Gasteiger partial charge in [-0.2, -0.15) is 0 Å². The molecule has 0 unspecified atom stereocenters. The van der Waals surface area contributed by atoms with Gasteiger partial charge in [0.25, 0.3) is 0 Å². The van der Waals surface area contributed by atoms with Gasteiger partial charge in [-0.25, -0.2) is 9.97 Å². The summed E-state index contributed by atoms with van der Waals surface area (Å²) in [5, 5.41) is 8.92. The first kappa shape index (κ1) is 17.3. The average molecular weight is 331 g/mol. The molecule has 1 atom stereocenters. The van der Waals surface area contributed by atoms with E-state index in [1.165, 1.54) is 44.9 Å². The number of aromatic nitrogens is 2. The zero-order valence-corrected chi connectivity index (χ0v) is 14.7. The van der Waals surface area contributed by atoms with Gasteiger partial charge in [-0.1, -0.05) is 25.7 Å². The van der Waals surface area contributed by atoms with Crippen LogP contribution in [-0.2, 0) is 11.2 Å². The quantitative estimate of drug-likeness (QED) is 0.892. The molecule has 0 bridgehead atoms. The fourth-order valence-corrected chi connectivity index (χ4v) is 4.25. The monoisotopic (exact) mass is 331 g/mol. The van der Waals surface area contributed by atoms with Crippen LogP contribution < -0.4 is 0 Å². The molecule has 1 aromatic rings. The molecule has 24 heavy (non-hydrogen) atoms. The summed E-state index contributed by atoms with van der Waals surface area (Å²) in [6.07, 6.45) is 10.9. The largest absolute Gasteiger partial charge is 0.481 e. The van der Waals surface area contributed by atoms with Crippen LogP contribution in [0.3, 0.4) is 0 Å². The molecule has 1 N–H and O–H groups in total. The van der Waals surface area contributed by atoms with Crippen molar-refractivity contribution >= 4 is 5.97 Å². The van der Waals surface area contributed by atoms with Crippen LogP contribution >= 0.6 is 0 Å². The van der Waals surface area contributed by atoms with Crippen LogP contribution in [0.1, 0.15) is 81.0 Å². The number of carboxylic acids is 1. The van der Waals surface area contributed by atoms with Gasteiger partial charge in [-0.05, 0) is 45.2 Å². The third kappa shape index (κ3) is 4.32. The van der Waals surface area contributed by atoms with E-state index in [1.807, 2.05) is 13.0 Å². The predicted molar refractivity (Wildman–Crippen MR) is 92.9 cm³/mol. The minimum atomic E-state index is -0.769. The number of hydrogen-bond acceptors (Lipinski definition) is 4. The van der Waals surface area contributed by atoms with Gasteiger partial charge < -0.3 is 5.11 Å². The molecule has 3 rings (SSSR count). The van der Waals surface area contributed by atoms with E-state index in [9.17, 15) is 4.79 Å². The highest BCUT2D eigenvalue weighted by molar-refractivity contribution is 5.66. The molecule has 0 aromatic carbocycles. The van der Waals surface area contributed by atoms with Gasteiger partial charge in [0.1, 0.15) is 5.82 Å². The summed E-state index contributed by atoms with van der Waals surface area (Å²) in [4.78, 5) is 23.0. The lowest BCUT2D eigenvalue weighted by Crippen LogP contribution is -2.43. The molecule has 132 valence electrons. The third-order valence-corrected chi connectivity index (χ3v) is 5.41. The second kappa shape index (κ2) is 8.06. The van der Waals surface area contributed by atoms with E-state index in [-0.39, 0.29) is 6.42 Å². The molecule has 0 spiro atoms. The fourth-order valence-electron chi connectivity index (χ4n) is 4.25. The van der Waals surface area contributed by atoms with Gasteiger partial charge >= 0.3 is 5.97 Å². The average Bonchev–Trinajstić information content (AvgIpc) is 2.60. The number of nitrogens with zero attached hydrogens (tertiary/aromatic N) is 3. The number of aliphatic carboxylic acids is 1. The van der Waals surface area contributed by atoms with Crippen LogP contribution in [0.2, 0.25) is 0 Å². The zero-order valence-electron chi connectivity index (χ0n) is 14.7. The minimum Gasteiger partial charge on any atom is -0.481 e. The summed E-state index contributed by atoms with van der Waals surface area (Å²) in [5.41, 5.74) is 1.82.